The van der Waals surface area contributed by atoms with E-state index in [1.165, 1.54) is 19.1 Å². The van der Waals surface area contributed by atoms with Gasteiger partial charge in [-0.1, -0.05) is 18.2 Å². The van der Waals surface area contributed by atoms with Gasteiger partial charge in [0.25, 0.3) is 0 Å². The maximum Gasteiger partial charge on any atom is 0.459 e. The molecule has 0 amide bonds. The van der Waals surface area contributed by atoms with E-state index in [0.717, 1.165) is 17.9 Å². The number of aliphatic hydroxyl groups is 1. The summed E-state index contributed by atoms with van der Waals surface area (Å²) in [6, 6.07) is 6.93. The summed E-state index contributed by atoms with van der Waals surface area (Å²) in [6.45, 7) is 0.804. The van der Waals surface area contributed by atoms with E-state index in [0.29, 0.717) is 0 Å². The Hall–Kier alpha value is -2.54. The number of methoxy groups -OCH3 is 1. The third-order valence-electron chi connectivity index (χ3n) is 5.23. The molecular weight excluding hydrogens is 510 g/mol. The van der Waals surface area contributed by atoms with Crippen LogP contribution in [0.5, 0.6) is 5.75 Å². The van der Waals surface area contributed by atoms with Gasteiger partial charge in [-0.15, -0.1) is 11.6 Å². The van der Waals surface area contributed by atoms with Gasteiger partial charge < -0.3 is 24.8 Å². The van der Waals surface area contributed by atoms with E-state index in [4.69, 9.17) is 31.1 Å². The summed E-state index contributed by atoms with van der Waals surface area (Å²) in [4.78, 5) is 27.4. The molecule has 0 radical (unpaired) electrons. The van der Waals surface area contributed by atoms with Gasteiger partial charge in [0.15, 0.2) is 11.6 Å². The van der Waals surface area contributed by atoms with Crippen LogP contribution in [0.1, 0.15) is 19.6 Å². The molecule has 35 heavy (non-hydrogen) atoms. The summed E-state index contributed by atoms with van der Waals surface area (Å²) in [6.07, 6.45) is -1.87. The smallest absolute Gasteiger partial charge is 0.459 e. The van der Waals surface area contributed by atoms with E-state index < -0.39 is 61.6 Å². The first kappa shape index (κ1) is 27.1. The van der Waals surface area contributed by atoms with Gasteiger partial charge in [0.05, 0.1) is 31.9 Å². The molecule has 1 saturated heterocycles. The van der Waals surface area contributed by atoms with Crippen molar-refractivity contribution in [3.63, 3.8) is 0 Å². The molecule has 1 aromatic heterocycles. The number of ether oxygens (including phenoxy) is 2. The third-order valence-corrected chi connectivity index (χ3v) is 7.30. The van der Waals surface area contributed by atoms with Gasteiger partial charge in [0.2, 0.25) is 0 Å². The van der Waals surface area contributed by atoms with Crippen LogP contribution in [-0.2, 0) is 23.4 Å². The number of nitrogens with one attached hydrogen (secondary N) is 1. The van der Waals surface area contributed by atoms with Gasteiger partial charge in [-0.05, 0) is 19.1 Å². The van der Waals surface area contributed by atoms with Crippen LogP contribution in [0.25, 0.3) is 0 Å². The van der Waals surface area contributed by atoms with Crippen molar-refractivity contribution in [1.82, 2.24) is 14.6 Å². The number of nitrogen functional groups attached to an aromatic ring is 1. The minimum absolute atomic E-state index is 0.168. The average molecular weight is 535 g/mol. The zero-order valence-corrected chi connectivity index (χ0v) is 20.4. The Morgan fingerprint density at radius 3 is 2.80 bits per heavy atom. The monoisotopic (exact) mass is 534 g/mol. The largest absolute Gasteiger partial charge is 0.468 e. The molecule has 1 aromatic carbocycles. The lowest BCUT2D eigenvalue weighted by molar-refractivity contribution is -0.142. The van der Waals surface area contributed by atoms with Gasteiger partial charge in [0.1, 0.15) is 23.6 Å². The fraction of sp³-hybridized carbons (Fsp3) is 0.450. The minimum Gasteiger partial charge on any atom is -0.468 e. The summed E-state index contributed by atoms with van der Waals surface area (Å²) < 4.78 is 49.8. The normalized spacial score (nSPS) is 24.5. The zero-order valence-electron chi connectivity index (χ0n) is 18.8. The number of esters is 1. The Balaban J connectivity index is 1.84. The number of carbonyl (C=O) groups is 1. The molecule has 5 atom stereocenters. The predicted molar refractivity (Wildman–Crippen MR) is 122 cm³/mol. The van der Waals surface area contributed by atoms with E-state index in [-0.39, 0.29) is 18.1 Å². The summed E-state index contributed by atoms with van der Waals surface area (Å²) in [5.74, 6) is -2.46. The van der Waals surface area contributed by atoms with E-state index in [1.54, 1.807) is 18.2 Å². The highest BCUT2D eigenvalue weighted by atomic mass is 35.5. The van der Waals surface area contributed by atoms with Gasteiger partial charge in [-0.25, -0.2) is 13.8 Å². The highest BCUT2D eigenvalue weighted by Crippen LogP contribution is 2.48. The van der Waals surface area contributed by atoms with Gasteiger partial charge >= 0.3 is 19.4 Å². The van der Waals surface area contributed by atoms with Gasteiger partial charge in [0, 0.05) is 6.42 Å². The van der Waals surface area contributed by atoms with E-state index >= 15 is 0 Å². The van der Waals surface area contributed by atoms with Crippen LogP contribution in [-0.4, -0.2) is 58.0 Å². The maximum absolute atomic E-state index is 13.9. The van der Waals surface area contributed by atoms with Crippen molar-refractivity contribution in [3.8, 4) is 5.75 Å². The number of alkyl halides is 1. The van der Waals surface area contributed by atoms with Gasteiger partial charge in [-0.3, -0.25) is 13.9 Å². The number of benzene rings is 1. The lowest BCUT2D eigenvalue weighted by atomic mass is 10.0. The topological polar surface area (TPSA) is 164 Å². The number of hydrogen-bond donors (Lipinski definition) is 3. The second kappa shape index (κ2) is 11.0. The van der Waals surface area contributed by atoms with Crippen molar-refractivity contribution in [3.05, 3.63) is 52.8 Å². The maximum atomic E-state index is 13.9. The summed E-state index contributed by atoms with van der Waals surface area (Å²) >= 11 is 6.09. The SMILES string of the molecule is COC(=O)[C@H](C)NP(=O)(OC[C@@]1(CCl)O[C@@H](n2cc(F)c(N)nc2=O)C[C@@H]1O)Oc1ccccc1. The van der Waals surface area contributed by atoms with Crippen LogP contribution in [0.4, 0.5) is 10.2 Å². The molecule has 2 heterocycles. The van der Waals surface area contributed by atoms with Crippen LogP contribution >= 0.6 is 19.3 Å². The van der Waals surface area contributed by atoms with E-state index in [9.17, 15) is 23.7 Å². The van der Waals surface area contributed by atoms with E-state index in [1.807, 2.05) is 0 Å². The number of halogens is 2. The number of para-hydroxylation sites is 1. The van der Waals surface area contributed by atoms with E-state index in [2.05, 4.69) is 14.8 Å². The number of anilines is 1. The van der Waals surface area contributed by atoms with Crippen LogP contribution in [0, 0.1) is 5.82 Å². The number of nitrogens with two attached hydrogens (primary N) is 1. The first-order valence-corrected chi connectivity index (χ1v) is 12.4. The Morgan fingerprint density at radius 2 is 2.17 bits per heavy atom. The summed E-state index contributed by atoms with van der Waals surface area (Å²) in [5.41, 5.74) is 2.73. The molecule has 15 heteroatoms. The first-order chi connectivity index (χ1) is 16.5. The Labute approximate surface area is 204 Å². The van der Waals surface area contributed by atoms with Crippen LogP contribution in [0.15, 0.2) is 41.3 Å². The number of carbonyl (C=O) groups excluding carboxylic acids is 1. The van der Waals surface area contributed by atoms with Crippen LogP contribution in [0.3, 0.4) is 0 Å². The van der Waals surface area contributed by atoms with Crippen LogP contribution in [0.2, 0.25) is 0 Å². The van der Waals surface area contributed by atoms with Crippen molar-refractivity contribution < 1.29 is 37.4 Å². The quantitative estimate of drug-likeness (QED) is 0.230. The van der Waals surface area contributed by atoms with Gasteiger partial charge in [-0.2, -0.15) is 10.1 Å². The predicted octanol–water partition coefficient (Wildman–Crippen LogP) is 1.58. The number of nitrogens with zero attached hydrogens (tertiary/aromatic N) is 2. The second-order valence-corrected chi connectivity index (χ2v) is 9.70. The molecular formula is C20H25ClFN4O8P. The summed E-state index contributed by atoms with van der Waals surface area (Å²) in [5, 5.41) is 13.2. The van der Waals surface area contributed by atoms with Crippen molar-refractivity contribution in [2.75, 3.05) is 25.3 Å². The first-order valence-electron chi connectivity index (χ1n) is 10.3. The molecule has 0 saturated carbocycles. The highest BCUT2D eigenvalue weighted by molar-refractivity contribution is 7.52. The Kier molecular flexibility index (Phi) is 8.52. The summed E-state index contributed by atoms with van der Waals surface area (Å²) in [7, 11) is -3.11. The standard InChI is InChI=1S/C20H25ClFN4O8P/c1-12(18(28)31-2)25-35(30,34-13-6-4-3-5-7-13)32-11-20(10-21)15(27)8-16(33-20)26-9-14(22)17(23)24-19(26)29/h3-7,9,12,15-16,27H,8,10-11H2,1-2H3,(H,25,30)(H2,23,24,29)/t12-,15-,16+,20+,35?/m0/s1. The van der Waals surface area contributed by atoms with Crippen molar-refractivity contribution in [2.24, 2.45) is 0 Å². The molecule has 0 spiro atoms. The fourth-order valence-electron chi connectivity index (χ4n) is 3.30. The average Bonchev–Trinajstić information content (AvgIpc) is 3.16. The number of aromatic nitrogens is 2. The highest BCUT2D eigenvalue weighted by Gasteiger charge is 2.50. The number of rotatable bonds is 10. The Morgan fingerprint density at radius 1 is 1.49 bits per heavy atom. The fourth-order valence-corrected chi connectivity index (χ4v) is 5.16. The van der Waals surface area contributed by atoms with Crippen molar-refractivity contribution in [2.45, 2.75) is 37.3 Å². The zero-order chi connectivity index (χ0) is 25.8. The number of hydrogen-bond acceptors (Lipinski definition) is 10. The van der Waals surface area contributed by atoms with Crippen LogP contribution < -0.4 is 21.0 Å². The molecule has 4 N–H and O–H groups in total. The molecule has 1 fully saturated rings. The third kappa shape index (κ3) is 6.18. The molecule has 0 bridgehead atoms. The minimum atomic E-state index is -4.27. The molecule has 12 nitrogen and oxygen atoms in total. The molecule has 0 aliphatic carbocycles. The second-order valence-electron chi connectivity index (χ2n) is 7.74. The Bertz CT molecular complexity index is 1160. The molecule has 3 rings (SSSR count). The van der Waals surface area contributed by atoms with Crippen molar-refractivity contribution >= 4 is 31.1 Å². The molecule has 1 unspecified atom stereocenters. The number of aliphatic hydroxyl groups excluding tert-OH is 1. The molecule has 1 aliphatic rings. The lowest BCUT2D eigenvalue weighted by Gasteiger charge is -2.32. The molecule has 192 valence electrons. The molecule has 2 aromatic rings. The lowest BCUT2D eigenvalue weighted by Crippen LogP contribution is -2.46. The molecule has 1 aliphatic heterocycles. The van der Waals surface area contributed by atoms with Crippen molar-refractivity contribution in [1.29, 1.82) is 0 Å².